The average molecular weight is 340 g/mol. The molecule has 0 aliphatic carbocycles. The monoisotopic (exact) mass is 340 g/mol. The van der Waals surface area contributed by atoms with Gasteiger partial charge in [-0.25, -0.2) is 0 Å². The lowest BCUT2D eigenvalue weighted by Crippen LogP contribution is -2.43. The van der Waals surface area contributed by atoms with Crippen molar-refractivity contribution in [1.29, 1.82) is 0 Å². The molecule has 0 amide bonds. The van der Waals surface area contributed by atoms with Crippen molar-refractivity contribution in [3.63, 3.8) is 0 Å². The van der Waals surface area contributed by atoms with Crippen LogP contribution in [0.15, 0.2) is 35.9 Å². The van der Waals surface area contributed by atoms with Crippen LogP contribution in [0.3, 0.4) is 0 Å². The predicted octanol–water partition coefficient (Wildman–Crippen LogP) is 3.61. The van der Waals surface area contributed by atoms with Gasteiger partial charge in [0.1, 0.15) is 0 Å². The second kappa shape index (κ2) is 7.57. The molecular weight excluding hydrogens is 317 g/mol. The van der Waals surface area contributed by atoms with Crippen molar-refractivity contribution in [2.45, 2.75) is 31.5 Å². The third kappa shape index (κ3) is 4.51. The lowest BCUT2D eigenvalue weighted by molar-refractivity contribution is -0.137. The van der Waals surface area contributed by atoms with E-state index in [2.05, 4.69) is 11.4 Å². The maximum absolute atomic E-state index is 12.8. The van der Waals surface area contributed by atoms with E-state index in [-0.39, 0.29) is 0 Å². The fraction of sp³-hybridized carbons (Fsp3) is 0.556. The second-order valence-corrected chi connectivity index (χ2v) is 6.39. The van der Waals surface area contributed by atoms with E-state index in [4.69, 9.17) is 4.74 Å². The minimum absolute atomic E-state index is 0.412. The minimum atomic E-state index is -4.29. The Labute approximate surface area is 140 Å². The second-order valence-electron chi connectivity index (χ2n) is 6.39. The maximum Gasteiger partial charge on any atom is 0.416 e. The Morgan fingerprint density at radius 3 is 2.67 bits per heavy atom. The fourth-order valence-corrected chi connectivity index (χ4v) is 3.23. The zero-order chi connectivity index (χ0) is 17.0. The Morgan fingerprint density at radius 2 is 2.00 bits per heavy atom. The Kier molecular flexibility index (Phi) is 5.46. The van der Waals surface area contributed by atoms with Gasteiger partial charge in [-0.2, -0.15) is 13.2 Å². The zero-order valence-electron chi connectivity index (χ0n) is 13.6. The molecule has 2 heterocycles. The number of ether oxygens (including phenoxy) is 1. The van der Waals surface area contributed by atoms with Gasteiger partial charge in [0.15, 0.2) is 0 Å². The van der Waals surface area contributed by atoms with Gasteiger partial charge < -0.3 is 15.0 Å². The summed E-state index contributed by atoms with van der Waals surface area (Å²) in [6, 6.07) is 6.02. The molecule has 1 fully saturated rings. The Morgan fingerprint density at radius 1 is 1.21 bits per heavy atom. The number of halogens is 3. The summed E-state index contributed by atoms with van der Waals surface area (Å²) in [5, 5.41) is 3.54. The van der Waals surface area contributed by atoms with Crippen LogP contribution in [0.2, 0.25) is 0 Å². The van der Waals surface area contributed by atoms with Crippen LogP contribution in [0.5, 0.6) is 0 Å². The Balaban J connectivity index is 1.51. The van der Waals surface area contributed by atoms with Gasteiger partial charge in [0, 0.05) is 31.4 Å². The number of hydrogen-bond acceptors (Lipinski definition) is 3. The summed E-state index contributed by atoms with van der Waals surface area (Å²) in [5.74, 6) is 0. The van der Waals surface area contributed by atoms with Crippen LogP contribution < -0.4 is 10.2 Å². The minimum Gasteiger partial charge on any atom is -0.377 e. The van der Waals surface area contributed by atoms with Crippen LogP contribution in [-0.2, 0) is 10.9 Å². The molecule has 0 aromatic heterocycles. The molecule has 1 aromatic carbocycles. The van der Waals surface area contributed by atoms with Crippen molar-refractivity contribution in [2.24, 2.45) is 0 Å². The summed E-state index contributed by atoms with van der Waals surface area (Å²) < 4.78 is 43.9. The van der Waals surface area contributed by atoms with E-state index < -0.39 is 11.7 Å². The van der Waals surface area contributed by atoms with E-state index in [9.17, 15) is 13.2 Å². The molecule has 3 rings (SSSR count). The summed E-state index contributed by atoms with van der Waals surface area (Å²) in [5.41, 5.74) is 1.37. The van der Waals surface area contributed by atoms with Crippen LogP contribution in [0.1, 0.15) is 24.8 Å². The summed E-state index contributed by atoms with van der Waals surface area (Å²) in [6.07, 6.45) is 0.791. The normalized spacial score (nSPS) is 20.1. The average Bonchev–Trinajstić information content (AvgIpc) is 2.61. The molecule has 3 nitrogen and oxygen atoms in total. The molecule has 0 bridgehead atoms. The van der Waals surface area contributed by atoms with Crippen LogP contribution in [0, 0.1) is 0 Å². The third-order valence-electron chi connectivity index (χ3n) is 4.63. The van der Waals surface area contributed by atoms with Gasteiger partial charge in [-0.05, 0) is 43.0 Å². The van der Waals surface area contributed by atoms with E-state index in [0.717, 1.165) is 51.6 Å². The van der Waals surface area contributed by atoms with Crippen molar-refractivity contribution in [2.75, 3.05) is 37.7 Å². The van der Waals surface area contributed by atoms with Crippen LogP contribution in [-0.4, -0.2) is 38.9 Å². The predicted molar refractivity (Wildman–Crippen MR) is 88.2 cm³/mol. The smallest absolute Gasteiger partial charge is 0.377 e. The highest BCUT2D eigenvalue weighted by Gasteiger charge is 2.31. The van der Waals surface area contributed by atoms with Crippen molar-refractivity contribution in [3.05, 3.63) is 41.5 Å². The molecule has 0 radical (unpaired) electrons. The van der Waals surface area contributed by atoms with Gasteiger partial charge >= 0.3 is 6.18 Å². The Bertz CT molecular complexity index is 578. The number of piperidine rings is 1. The fourth-order valence-electron chi connectivity index (χ4n) is 3.23. The number of hydrogen-bond donors (Lipinski definition) is 1. The van der Waals surface area contributed by atoms with Gasteiger partial charge in [0.25, 0.3) is 0 Å². The van der Waals surface area contributed by atoms with Gasteiger partial charge in [-0.1, -0.05) is 12.1 Å². The summed E-state index contributed by atoms with van der Waals surface area (Å²) >= 11 is 0. The quantitative estimate of drug-likeness (QED) is 0.848. The first-order valence-electron chi connectivity index (χ1n) is 8.43. The Hall–Kier alpha value is -1.53. The van der Waals surface area contributed by atoms with Gasteiger partial charge in [-0.15, -0.1) is 0 Å². The summed E-state index contributed by atoms with van der Waals surface area (Å²) in [7, 11) is 0. The van der Waals surface area contributed by atoms with E-state index in [0.29, 0.717) is 18.3 Å². The molecule has 24 heavy (non-hydrogen) atoms. The van der Waals surface area contributed by atoms with Gasteiger partial charge in [0.05, 0.1) is 18.8 Å². The topological polar surface area (TPSA) is 24.5 Å². The SMILES string of the molecule is FC(F)(F)c1cccc(N2CCC(NCC3=CCCOC3)CC2)c1. The van der Waals surface area contributed by atoms with E-state index >= 15 is 0 Å². The third-order valence-corrected chi connectivity index (χ3v) is 4.63. The molecule has 1 N–H and O–H groups in total. The molecule has 132 valence electrons. The highest BCUT2D eigenvalue weighted by molar-refractivity contribution is 5.49. The highest BCUT2D eigenvalue weighted by atomic mass is 19.4. The molecule has 1 saturated heterocycles. The van der Waals surface area contributed by atoms with Crippen molar-refractivity contribution in [1.82, 2.24) is 5.32 Å². The lowest BCUT2D eigenvalue weighted by Gasteiger charge is -2.34. The number of anilines is 1. The number of nitrogens with one attached hydrogen (secondary N) is 1. The largest absolute Gasteiger partial charge is 0.416 e. The van der Waals surface area contributed by atoms with E-state index in [1.807, 2.05) is 4.90 Å². The maximum atomic E-state index is 12.8. The van der Waals surface area contributed by atoms with Crippen LogP contribution in [0.4, 0.5) is 18.9 Å². The van der Waals surface area contributed by atoms with Gasteiger partial charge in [0.2, 0.25) is 0 Å². The molecule has 0 saturated carbocycles. The summed E-state index contributed by atoms with van der Waals surface area (Å²) in [6.45, 7) is 3.90. The first-order chi connectivity index (χ1) is 11.5. The molecule has 2 aliphatic rings. The number of rotatable bonds is 4. The number of nitrogens with zero attached hydrogens (tertiary/aromatic N) is 1. The molecule has 0 atom stereocenters. The molecular formula is C18H23F3N2O. The van der Waals surface area contributed by atoms with E-state index in [1.54, 1.807) is 6.07 Å². The van der Waals surface area contributed by atoms with E-state index in [1.165, 1.54) is 17.7 Å². The molecule has 1 aromatic rings. The molecule has 0 spiro atoms. The van der Waals surface area contributed by atoms with Crippen molar-refractivity contribution in [3.8, 4) is 0 Å². The standard InChI is InChI=1S/C18H23F3N2O/c19-18(20,21)15-4-1-5-17(11-15)23-8-6-16(7-9-23)22-12-14-3-2-10-24-13-14/h1,3-5,11,16,22H,2,6-10,12-13H2. The number of benzene rings is 1. The zero-order valence-corrected chi connectivity index (χ0v) is 13.6. The van der Waals surface area contributed by atoms with Crippen LogP contribution in [0.25, 0.3) is 0 Å². The number of alkyl halides is 3. The first kappa shape index (κ1) is 17.3. The molecule has 6 heteroatoms. The summed E-state index contributed by atoms with van der Waals surface area (Å²) in [4.78, 5) is 2.04. The van der Waals surface area contributed by atoms with Gasteiger partial charge in [-0.3, -0.25) is 0 Å². The molecule has 2 aliphatic heterocycles. The first-order valence-corrected chi connectivity index (χ1v) is 8.43. The van der Waals surface area contributed by atoms with Crippen LogP contribution >= 0.6 is 0 Å². The highest BCUT2D eigenvalue weighted by Crippen LogP contribution is 2.32. The van der Waals surface area contributed by atoms with Crippen molar-refractivity contribution < 1.29 is 17.9 Å². The van der Waals surface area contributed by atoms with Crippen molar-refractivity contribution >= 4 is 5.69 Å². The lowest BCUT2D eigenvalue weighted by atomic mass is 10.0. The molecule has 0 unspecified atom stereocenters.